The number of nitrogens with one attached hydrogen (secondary N) is 1. The molecule has 0 heterocycles. The molecule has 0 aromatic heterocycles. The van der Waals surface area contributed by atoms with E-state index in [1.165, 1.54) is 32.1 Å². The number of aryl methyl sites for hydroxylation is 1. The van der Waals surface area contributed by atoms with Crippen LogP contribution in [-0.4, -0.2) is 37.8 Å². The van der Waals surface area contributed by atoms with Gasteiger partial charge in [-0.3, -0.25) is 4.79 Å². The van der Waals surface area contributed by atoms with Crippen LogP contribution in [0, 0.1) is 5.92 Å². The number of alkyl halides is 3. The SMILES string of the molecule is O=C(CCNCCCc1ccc(OCC2CCCCC2)cc1)OC(=O)C(F)(F)F. The average Bonchev–Trinajstić information content (AvgIpc) is 2.70. The molecule has 0 saturated heterocycles. The molecule has 1 N–H and O–H groups in total. The molecule has 1 aliphatic carbocycles. The lowest BCUT2D eigenvalue weighted by molar-refractivity contribution is -0.201. The Morgan fingerprint density at radius 1 is 1.03 bits per heavy atom. The minimum atomic E-state index is -5.15. The van der Waals surface area contributed by atoms with Gasteiger partial charge in [-0.05, 0) is 55.8 Å². The number of carbonyl (C=O) groups excluding carboxylic acids is 2. The summed E-state index contributed by atoms with van der Waals surface area (Å²) in [5, 5.41) is 2.95. The molecule has 162 valence electrons. The Kier molecular flexibility index (Phi) is 9.44. The van der Waals surface area contributed by atoms with Crippen molar-refractivity contribution in [2.75, 3.05) is 19.7 Å². The predicted molar refractivity (Wildman–Crippen MR) is 101 cm³/mol. The third-order valence-corrected chi connectivity index (χ3v) is 4.90. The monoisotopic (exact) mass is 415 g/mol. The number of esters is 2. The first-order valence-corrected chi connectivity index (χ1v) is 10.1. The lowest BCUT2D eigenvalue weighted by Crippen LogP contribution is -2.29. The molecule has 5 nitrogen and oxygen atoms in total. The Morgan fingerprint density at radius 2 is 1.72 bits per heavy atom. The van der Waals surface area contributed by atoms with E-state index in [0.29, 0.717) is 12.5 Å². The Balaban J connectivity index is 1.54. The van der Waals surface area contributed by atoms with Crippen LogP contribution in [0.15, 0.2) is 24.3 Å². The summed E-state index contributed by atoms with van der Waals surface area (Å²) in [6.07, 6.45) is 2.62. The van der Waals surface area contributed by atoms with E-state index >= 15 is 0 Å². The molecule has 1 fully saturated rings. The number of benzene rings is 1. The van der Waals surface area contributed by atoms with E-state index in [4.69, 9.17) is 4.74 Å². The van der Waals surface area contributed by atoms with Crippen LogP contribution in [0.1, 0.15) is 50.5 Å². The summed E-state index contributed by atoms with van der Waals surface area (Å²) in [4.78, 5) is 21.7. The summed E-state index contributed by atoms with van der Waals surface area (Å²) in [5.74, 6) is -2.12. The van der Waals surface area contributed by atoms with Gasteiger partial charge < -0.3 is 14.8 Å². The van der Waals surface area contributed by atoms with E-state index in [0.717, 1.165) is 30.8 Å². The molecule has 0 aliphatic heterocycles. The van der Waals surface area contributed by atoms with Crippen LogP contribution < -0.4 is 10.1 Å². The molecule has 29 heavy (non-hydrogen) atoms. The topological polar surface area (TPSA) is 64.6 Å². The number of rotatable bonds is 10. The quantitative estimate of drug-likeness (QED) is 0.353. The summed E-state index contributed by atoms with van der Waals surface area (Å²) in [5.41, 5.74) is 1.16. The van der Waals surface area contributed by atoms with Crippen molar-refractivity contribution >= 4 is 11.9 Å². The first-order valence-electron chi connectivity index (χ1n) is 10.1. The van der Waals surface area contributed by atoms with Gasteiger partial charge in [0.2, 0.25) is 0 Å². The number of ether oxygens (including phenoxy) is 2. The standard InChI is InChI=1S/C21H28F3NO4/c22-21(23,24)20(27)29-19(26)12-14-25-13-4-7-16-8-10-18(11-9-16)28-15-17-5-2-1-3-6-17/h8-11,17,25H,1-7,12-15H2. The van der Waals surface area contributed by atoms with Crippen molar-refractivity contribution < 1.29 is 32.2 Å². The van der Waals surface area contributed by atoms with E-state index in [1.807, 2.05) is 24.3 Å². The number of halogens is 3. The van der Waals surface area contributed by atoms with Crippen LogP contribution in [-0.2, 0) is 20.7 Å². The number of hydrogen-bond donors (Lipinski definition) is 1. The van der Waals surface area contributed by atoms with Gasteiger partial charge >= 0.3 is 18.1 Å². The average molecular weight is 415 g/mol. The second-order valence-corrected chi connectivity index (χ2v) is 7.32. The Labute approximate surface area is 168 Å². The van der Waals surface area contributed by atoms with Crippen molar-refractivity contribution in [3.8, 4) is 5.75 Å². The van der Waals surface area contributed by atoms with Crippen molar-refractivity contribution in [3.63, 3.8) is 0 Å². The fourth-order valence-corrected chi connectivity index (χ4v) is 3.27. The summed E-state index contributed by atoms with van der Waals surface area (Å²) in [6, 6.07) is 7.99. The van der Waals surface area contributed by atoms with Crippen molar-refractivity contribution in [2.24, 2.45) is 5.92 Å². The molecule has 0 radical (unpaired) electrons. The van der Waals surface area contributed by atoms with Crippen LogP contribution in [0.2, 0.25) is 0 Å². The van der Waals surface area contributed by atoms with Crippen molar-refractivity contribution in [3.05, 3.63) is 29.8 Å². The van der Waals surface area contributed by atoms with Gasteiger partial charge in [-0.25, -0.2) is 4.79 Å². The third kappa shape index (κ3) is 9.30. The highest BCUT2D eigenvalue weighted by Gasteiger charge is 2.42. The van der Waals surface area contributed by atoms with Crippen LogP contribution >= 0.6 is 0 Å². The van der Waals surface area contributed by atoms with Gasteiger partial charge in [0.15, 0.2) is 0 Å². The summed E-state index contributed by atoms with van der Waals surface area (Å²) >= 11 is 0. The molecule has 0 unspecified atom stereocenters. The van der Waals surface area contributed by atoms with Gasteiger partial charge in [0.05, 0.1) is 13.0 Å². The molecule has 0 spiro atoms. The Morgan fingerprint density at radius 3 is 2.38 bits per heavy atom. The first-order chi connectivity index (χ1) is 13.8. The zero-order valence-electron chi connectivity index (χ0n) is 16.4. The second-order valence-electron chi connectivity index (χ2n) is 7.32. The summed E-state index contributed by atoms with van der Waals surface area (Å²) in [6.45, 7) is 1.53. The smallest absolute Gasteiger partial charge is 0.491 e. The maximum atomic E-state index is 12.0. The highest BCUT2D eigenvalue weighted by atomic mass is 19.4. The molecule has 1 aliphatic rings. The van der Waals surface area contributed by atoms with Crippen LogP contribution in [0.5, 0.6) is 5.75 Å². The predicted octanol–water partition coefficient (Wildman–Crippen LogP) is 4.19. The van der Waals surface area contributed by atoms with E-state index < -0.39 is 18.1 Å². The highest BCUT2D eigenvalue weighted by molar-refractivity contribution is 5.88. The molecule has 1 aromatic carbocycles. The molecule has 1 aromatic rings. The fourth-order valence-electron chi connectivity index (χ4n) is 3.27. The molecule has 2 rings (SSSR count). The van der Waals surface area contributed by atoms with Gasteiger partial charge in [0, 0.05) is 6.54 Å². The lowest BCUT2D eigenvalue weighted by atomic mass is 9.90. The van der Waals surface area contributed by atoms with Crippen molar-refractivity contribution in [2.45, 2.75) is 57.5 Å². The lowest BCUT2D eigenvalue weighted by Gasteiger charge is -2.21. The van der Waals surface area contributed by atoms with Crippen molar-refractivity contribution in [1.82, 2.24) is 5.32 Å². The minimum absolute atomic E-state index is 0.151. The van der Waals surface area contributed by atoms with E-state index in [-0.39, 0.29) is 13.0 Å². The fraction of sp³-hybridized carbons (Fsp3) is 0.619. The van der Waals surface area contributed by atoms with Crippen LogP contribution in [0.4, 0.5) is 13.2 Å². The van der Waals surface area contributed by atoms with Gasteiger partial charge in [-0.2, -0.15) is 13.2 Å². The number of hydrogen-bond acceptors (Lipinski definition) is 5. The summed E-state index contributed by atoms with van der Waals surface area (Å²) in [7, 11) is 0. The zero-order valence-corrected chi connectivity index (χ0v) is 16.4. The van der Waals surface area contributed by atoms with Gasteiger partial charge in [0.1, 0.15) is 5.75 Å². The molecular formula is C21H28F3NO4. The normalized spacial score (nSPS) is 15.1. The van der Waals surface area contributed by atoms with E-state index in [1.54, 1.807) is 0 Å². The minimum Gasteiger partial charge on any atom is -0.493 e. The largest absolute Gasteiger partial charge is 0.493 e. The highest BCUT2D eigenvalue weighted by Crippen LogP contribution is 2.24. The second kappa shape index (κ2) is 11.8. The van der Waals surface area contributed by atoms with E-state index in [2.05, 4.69) is 10.1 Å². The first kappa shape index (κ1) is 23.2. The van der Waals surface area contributed by atoms with Crippen molar-refractivity contribution in [1.29, 1.82) is 0 Å². The van der Waals surface area contributed by atoms with Crippen LogP contribution in [0.3, 0.4) is 0 Å². The maximum Gasteiger partial charge on any atom is 0.491 e. The van der Waals surface area contributed by atoms with Gasteiger partial charge in [0.25, 0.3) is 0 Å². The van der Waals surface area contributed by atoms with Gasteiger partial charge in [-0.1, -0.05) is 31.4 Å². The number of carbonyl (C=O) groups is 2. The van der Waals surface area contributed by atoms with Crippen LogP contribution in [0.25, 0.3) is 0 Å². The molecular weight excluding hydrogens is 387 g/mol. The maximum absolute atomic E-state index is 12.0. The molecule has 0 bridgehead atoms. The molecule has 0 atom stereocenters. The third-order valence-electron chi connectivity index (χ3n) is 4.90. The Bertz CT molecular complexity index is 640. The van der Waals surface area contributed by atoms with E-state index in [9.17, 15) is 22.8 Å². The molecule has 8 heteroatoms. The molecule has 0 amide bonds. The van der Waals surface area contributed by atoms with Gasteiger partial charge in [-0.15, -0.1) is 0 Å². The Hall–Kier alpha value is -2.09. The molecule has 1 saturated carbocycles. The summed E-state index contributed by atoms with van der Waals surface area (Å²) < 4.78 is 45.5. The zero-order chi connectivity index (χ0) is 21.1.